The smallest absolute Gasteiger partial charge is 0.337 e. The molecule has 0 fully saturated rings. The lowest BCUT2D eigenvalue weighted by Gasteiger charge is -2.18. The third-order valence-corrected chi connectivity index (χ3v) is 2.79. The Morgan fingerprint density at radius 3 is 2.64 bits per heavy atom. The van der Waals surface area contributed by atoms with Gasteiger partial charge in [-0.2, -0.15) is 0 Å². The fourth-order valence-electron chi connectivity index (χ4n) is 1.44. The molecule has 0 bridgehead atoms. The lowest BCUT2D eigenvalue weighted by atomic mass is 10.1. The summed E-state index contributed by atoms with van der Waals surface area (Å²) in [5.74, 6) is -3.57. The Morgan fingerprint density at radius 2 is 2.05 bits per heavy atom. The summed E-state index contributed by atoms with van der Waals surface area (Å²) in [5.41, 5.74) is -2.04. The highest BCUT2D eigenvalue weighted by molar-refractivity contribution is 5.80. The van der Waals surface area contributed by atoms with Crippen LogP contribution in [0.1, 0.15) is 19.8 Å². The van der Waals surface area contributed by atoms with Gasteiger partial charge >= 0.3 is 5.97 Å². The molecule has 1 rings (SSSR count). The molecule has 0 aromatic heterocycles. The molecule has 122 valence electrons. The molecule has 0 radical (unpaired) electrons. The van der Waals surface area contributed by atoms with Gasteiger partial charge in [0.05, 0.1) is 13.2 Å². The molecule has 3 N–H and O–H groups in total. The first-order valence-corrected chi connectivity index (χ1v) is 6.52. The monoisotopic (exact) mass is 317 g/mol. The molecule has 0 heterocycles. The summed E-state index contributed by atoms with van der Waals surface area (Å²) >= 11 is 0. The van der Waals surface area contributed by atoms with Crippen molar-refractivity contribution in [3.05, 3.63) is 29.8 Å². The summed E-state index contributed by atoms with van der Waals surface area (Å²) in [6.45, 7) is 0.677. The lowest BCUT2D eigenvalue weighted by Crippen LogP contribution is -2.46. The molecular formula is C14H17F2NO5. The molecule has 0 aliphatic carbocycles. The number of rotatable bonds is 8. The largest absolute Gasteiger partial charge is 0.491 e. The van der Waals surface area contributed by atoms with Crippen LogP contribution in [0.15, 0.2) is 18.2 Å². The predicted octanol–water partition coefficient (Wildman–Crippen LogP) is 1.08. The van der Waals surface area contributed by atoms with E-state index in [-0.39, 0.29) is 25.2 Å². The zero-order chi connectivity index (χ0) is 16.8. The van der Waals surface area contributed by atoms with Crippen molar-refractivity contribution in [3.63, 3.8) is 0 Å². The molecule has 0 saturated carbocycles. The van der Waals surface area contributed by atoms with Crippen LogP contribution in [0.3, 0.4) is 0 Å². The number of benzene rings is 1. The maximum Gasteiger partial charge on any atom is 0.337 e. The van der Waals surface area contributed by atoms with E-state index in [2.05, 4.69) is 5.32 Å². The molecule has 22 heavy (non-hydrogen) atoms. The summed E-state index contributed by atoms with van der Waals surface area (Å²) < 4.78 is 31.0. The van der Waals surface area contributed by atoms with Crippen LogP contribution < -0.4 is 10.1 Å². The Labute approximate surface area is 125 Å². The Hall–Kier alpha value is -2.22. The fourth-order valence-corrected chi connectivity index (χ4v) is 1.44. The first-order valence-electron chi connectivity index (χ1n) is 6.52. The van der Waals surface area contributed by atoms with E-state index in [0.29, 0.717) is 6.07 Å². The van der Waals surface area contributed by atoms with Crippen molar-refractivity contribution in [2.45, 2.75) is 25.4 Å². The molecule has 0 aliphatic heterocycles. The number of carboxylic acid groups (broad SMARTS) is 1. The standard InChI is InChI=1S/C14H17F2NO5/c1-14(21,13(19)20)8-17-12(18)3-2-6-22-11-5-4-9(15)7-10(11)16/h4-5,7,21H,2-3,6,8H2,1H3,(H,17,18)(H,19,20). The van der Waals surface area contributed by atoms with Gasteiger partial charge < -0.3 is 20.3 Å². The number of nitrogens with one attached hydrogen (secondary N) is 1. The molecule has 1 aromatic carbocycles. The second-order valence-electron chi connectivity index (χ2n) is 4.88. The van der Waals surface area contributed by atoms with E-state index >= 15 is 0 Å². The highest BCUT2D eigenvalue weighted by Gasteiger charge is 2.30. The number of halogens is 2. The van der Waals surface area contributed by atoms with E-state index < -0.39 is 35.7 Å². The van der Waals surface area contributed by atoms with Gasteiger partial charge in [0, 0.05) is 12.5 Å². The van der Waals surface area contributed by atoms with Crippen LogP contribution in [0.4, 0.5) is 8.78 Å². The molecule has 0 aliphatic rings. The average Bonchev–Trinajstić information content (AvgIpc) is 2.43. The van der Waals surface area contributed by atoms with Crippen LogP contribution in [0.25, 0.3) is 0 Å². The lowest BCUT2D eigenvalue weighted by molar-refractivity contribution is -0.156. The minimum atomic E-state index is -2.04. The van der Waals surface area contributed by atoms with Crippen LogP contribution in [0, 0.1) is 11.6 Å². The molecular weight excluding hydrogens is 300 g/mol. The van der Waals surface area contributed by atoms with Gasteiger partial charge in [0.1, 0.15) is 5.82 Å². The van der Waals surface area contributed by atoms with Gasteiger partial charge in [-0.1, -0.05) is 0 Å². The van der Waals surface area contributed by atoms with Gasteiger partial charge in [0.2, 0.25) is 5.91 Å². The zero-order valence-corrected chi connectivity index (χ0v) is 11.9. The van der Waals surface area contributed by atoms with E-state index in [0.717, 1.165) is 19.1 Å². The van der Waals surface area contributed by atoms with Crippen LogP contribution in [0.5, 0.6) is 5.75 Å². The van der Waals surface area contributed by atoms with Gasteiger partial charge in [0.15, 0.2) is 17.2 Å². The van der Waals surface area contributed by atoms with Crippen molar-refractivity contribution in [1.82, 2.24) is 5.32 Å². The molecule has 8 heteroatoms. The molecule has 0 spiro atoms. The van der Waals surface area contributed by atoms with Crippen LogP contribution in [-0.4, -0.2) is 40.8 Å². The Balaban J connectivity index is 2.27. The first-order chi connectivity index (χ1) is 10.2. The third-order valence-electron chi connectivity index (χ3n) is 2.79. The number of carbonyl (C=O) groups is 2. The molecule has 1 atom stereocenters. The number of carbonyl (C=O) groups excluding carboxylic acids is 1. The average molecular weight is 317 g/mol. The van der Waals surface area contributed by atoms with Gasteiger partial charge in [0.25, 0.3) is 0 Å². The number of carboxylic acids is 1. The summed E-state index contributed by atoms with van der Waals surface area (Å²) in [5, 5.41) is 20.3. The molecule has 1 aromatic rings. The number of aliphatic carboxylic acids is 1. The van der Waals surface area contributed by atoms with Gasteiger partial charge in [-0.15, -0.1) is 0 Å². The summed E-state index contributed by atoms with van der Waals surface area (Å²) in [7, 11) is 0. The first kappa shape index (κ1) is 17.8. The number of ether oxygens (including phenoxy) is 1. The number of hydrogen-bond donors (Lipinski definition) is 3. The zero-order valence-electron chi connectivity index (χ0n) is 11.9. The van der Waals surface area contributed by atoms with Crippen molar-refractivity contribution in [1.29, 1.82) is 0 Å². The molecule has 1 amide bonds. The minimum absolute atomic E-state index is 0.0124. The Kier molecular flexibility index (Phi) is 6.24. The van der Waals surface area contributed by atoms with E-state index in [1.54, 1.807) is 0 Å². The second-order valence-corrected chi connectivity index (χ2v) is 4.88. The van der Waals surface area contributed by atoms with E-state index in [1.807, 2.05) is 0 Å². The SMILES string of the molecule is CC(O)(CNC(=O)CCCOc1ccc(F)cc1F)C(=O)O. The number of amides is 1. The van der Waals surface area contributed by atoms with Crippen molar-refractivity contribution < 1.29 is 33.3 Å². The maximum absolute atomic E-state index is 13.2. The summed E-state index contributed by atoms with van der Waals surface area (Å²) in [4.78, 5) is 22.1. The van der Waals surface area contributed by atoms with Crippen molar-refractivity contribution in [2.24, 2.45) is 0 Å². The number of hydrogen-bond acceptors (Lipinski definition) is 4. The van der Waals surface area contributed by atoms with Crippen molar-refractivity contribution in [3.8, 4) is 5.75 Å². The summed E-state index contributed by atoms with van der Waals surface area (Å²) in [6.07, 6.45) is 0.260. The van der Waals surface area contributed by atoms with Crippen LogP contribution in [0.2, 0.25) is 0 Å². The topological polar surface area (TPSA) is 95.9 Å². The van der Waals surface area contributed by atoms with Crippen LogP contribution >= 0.6 is 0 Å². The van der Waals surface area contributed by atoms with E-state index in [4.69, 9.17) is 9.84 Å². The van der Waals surface area contributed by atoms with E-state index in [1.165, 1.54) is 0 Å². The second kappa shape index (κ2) is 7.69. The molecule has 1 unspecified atom stereocenters. The van der Waals surface area contributed by atoms with Gasteiger partial charge in [-0.05, 0) is 25.5 Å². The quantitative estimate of drug-likeness (QED) is 0.624. The normalized spacial score (nSPS) is 13.3. The highest BCUT2D eigenvalue weighted by Crippen LogP contribution is 2.17. The summed E-state index contributed by atoms with van der Waals surface area (Å²) in [6, 6.07) is 2.89. The predicted molar refractivity (Wildman–Crippen MR) is 72.4 cm³/mol. The minimum Gasteiger partial charge on any atom is -0.491 e. The van der Waals surface area contributed by atoms with Gasteiger partial charge in [-0.3, -0.25) is 4.79 Å². The maximum atomic E-state index is 13.2. The Bertz CT molecular complexity index is 548. The van der Waals surface area contributed by atoms with E-state index in [9.17, 15) is 23.5 Å². The fraction of sp³-hybridized carbons (Fsp3) is 0.429. The van der Waals surface area contributed by atoms with Crippen molar-refractivity contribution in [2.75, 3.05) is 13.2 Å². The number of aliphatic hydroxyl groups is 1. The van der Waals surface area contributed by atoms with Crippen LogP contribution in [-0.2, 0) is 9.59 Å². The molecule has 0 saturated heterocycles. The Morgan fingerprint density at radius 1 is 1.36 bits per heavy atom. The molecule has 6 nitrogen and oxygen atoms in total. The van der Waals surface area contributed by atoms with Gasteiger partial charge in [-0.25, -0.2) is 13.6 Å². The van der Waals surface area contributed by atoms with Crippen molar-refractivity contribution >= 4 is 11.9 Å². The third kappa shape index (κ3) is 5.65. The highest BCUT2D eigenvalue weighted by atomic mass is 19.1.